The van der Waals surface area contributed by atoms with E-state index in [9.17, 15) is 19.2 Å². The molecule has 0 saturated carbocycles. The van der Waals surface area contributed by atoms with E-state index >= 15 is 0 Å². The number of thiazole rings is 1. The topological polar surface area (TPSA) is 118 Å². The second-order valence-corrected chi connectivity index (χ2v) is 9.82. The molecule has 4 rings (SSSR count). The third kappa shape index (κ3) is 6.05. The van der Waals surface area contributed by atoms with E-state index in [4.69, 9.17) is 4.74 Å². The molecule has 9 nitrogen and oxygen atoms in total. The Morgan fingerprint density at radius 2 is 2.06 bits per heavy atom. The zero-order valence-electron chi connectivity index (χ0n) is 19.8. The van der Waals surface area contributed by atoms with Crippen molar-refractivity contribution in [2.24, 2.45) is 0 Å². The third-order valence-corrected chi connectivity index (χ3v) is 7.34. The van der Waals surface area contributed by atoms with Crippen molar-refractivity contribution < 1.29 is 23.9 Å². The van der Waals surface area contributed by atoms with Gasteiger partial charge in [-0.15, -0.1) is 11.3 Å². The predicted octanol–water partition coefficient (Wildman–Crippen LogP) is 2.84. The van der Waals surface area contributed by atoms with Gasteiger partial charge in [-0.25, -0.2) is 4.98 Å². The van der Waals surface area contributed by atoms with Crippen molar-refractivity contribution in [3.05, 3.63) is 45.4 Å². The van der Waals surface area contributed by atoms with Crippen LogP contribution in [-0.2, 0) is 22.6 Å². The molecular weight excluding hydrogens is 468 g/mol. The molecule has 3 heterocycles. The number of amides is 4. The molecule has 35 heavy (non-hydrogen) atoms. The molecule has 0 radical (unpaired) electrons. The SMILES string of the molecule is CCc1ncc(C(=O)NCCCCCCOc2ccc3c(c2)CN(C2CCC(=O)NC2=O)C3=O)s1. The van der Waals surface area contributed by atoms with Crippen LogP contribution in [0.15, 0.2) is 24.4 Å². The maximum absolute atomic E-state index is 12.7. The molecule has 0 aliphatic carbocycles. The standard InChI is InChI=1S/C25H30N4O5S/c1-2-22-27-14-20(35-22)24(32)26-11-5-3-4-6-12-34-17-7-8-18-16(13-17)15-29(25(18)33)19-9-10-21(30)28-23(19)31/h7-8,13-14,19H,2-6,9-12,15H2,1H3,(H,26,32)(H,28,30,31). The Hall–Kier alpha value is -3.27. The zero-order chi connectivity index (χ0) is 24.8. The highest BCUT2D eigenvalue weighted by molar-refractivity contribution is 7.13. The minimum Gasteiger partial charge on any atom is -0.494 e. The molecule has 2 aliphatic heterocycles. The molecule has 1 aromatic heterocycles. The van der Waals surface area contributed by atoms with Gasteiger partial charge in [0.05, 0.1) is 17.8 Å². The first-order valence-electron chi connectivity index (χ1n) is 12.1. The van der Waals surface area contributed by atoms with Crippen molar-refractivity contribution in [1.82, 2.24) is 20.5 Å². The summed E-state index contributed by atoms with van der Waals surface area (Å²) in [5.41, 5.74) is 1.41. The molecule has 1 atom stereocenters. The van der Waals surface area contributed by atoms with E-state index in [1.54, 1.807) is 18.3 Å². The highest BCUT2D eigenvalue weighted by atomic mass is 32.1. The van der Waals surface area contributed by atoms with Crippen LogP contribution in [0.1, 0.15) is 76.0 Å². The molecule has 10 heteroatoms. The summed E-state index contributed by atoms with van der Waals surface area (Å²) in [6, 6.07) is 4.77. The number of carbonyl (C=O) groups is 4. The average Bonchev–Trinajstić information content (AvgIpc) is 3.45. The molecular formula is C25H30N4O5S. The Balaban J connectivity index is 1.14. The number of ether oxygens (including phenoxy) is 1. The molecule has 1 fully saturated rings. The lowest BCUT2D eigenvalue weighted by atomic mass is 10.0. The number of imide groups is 1. The van der Waals surface area contributed by atoms with Crippen molar-refractivity contribution in [3.8, 4) is 5.75 Å². The van der Waals surface area contributed by atoms with Crippen LogP contribution in [0.5, 0.6) is 5.75 Å². The maximum Gasteiger partial charge on any atom is 0.263 e. The molecule has 0 spiro atoms. The number of nitrogens with zero attached hydrogens (tertiary/aromatic N) is 2. The van der Waals surface area contributed by atoms with Crippen molar-refractivity contribution in [2.75, 3.05) is 13.2 Å². The summed E-state index contributed by atoms with van der Waals surface area (Å²) >= 11 is 1.44. The van der Waals surface area contributed by atoms with E-state index in [1.807, 2.05) is 13.0 Å². The first kappa shape index (κ1) is 24.8. The lowest BCUT2D eigenvalue weighted by molar-refractivity contribution is -0.136. The molecule has 1 aromatic carbocycles. The predicted molar refractivity (Wildman–Crippen MR) is 130 cm³/mol. The van der Waals surface area contributed by atoms with Crippen molar-refractivity contribution in [2.45, 2.75) is 64.5 Å². The van der Waals surface area contributed by atoms with E-state index in [-0.39, 0.29) is 24.1 Å². The molecule has 186 valence electrons. The number of nitrogens with one attached hydrogen (secondary N) is 2. The van der Waals surface area contributed by atoms with Crippen LogP contribution in [-0.4, -0.2) is 52.7 Å². The normalized spacial score (nSPS) is 17.3. The summed E-state index contributed by atoms with van der Waals surface area (Å²) in [7, 11) is 0. The minimum atomic E-state index is -0.613. The molecule has 0 bridgehead atoms. The number of aryl methyl sites for hydroxylation is 1. The second kappa shape index (κ2) is 11.4. The van der Waals surface area contributed by atoms with Gasteiger partial charge in [-0.1, -0.05) is 19.8 Å². The number of unbranched alkanes of at least 4 members (excludes halogenated alkanes) is 3. The van der Waals surface area contributed by atoms with Gasteiger partial charge in [-0.2, -0.15) is 0 Å². The summed E-state index contributed by atoms with van der Waals surface area (Å²) in [6.07, 6.45) is 6.84. The summed E-state index contributed by atoms with van der Waals surface area (Å²) in [6.45, 7) is 3.57. The zero-order valence-corrected chi connectivity index (χ0v) is 20.6. The molecule has 2 aromatic rings. The minimum absolute atomic E-state index is 0.0585. The largest absolute Gasteiger partial charge is 0.494 e. The number of piperidine rings is 1. The van der Waals surface area contributed by atoms with E-state index in [2.05, 4.69) is 15.6 Å². The van der Waals surface area contributed by atoms with Gasteiger partial charge in [0, 0.05) is 25.1 Å². The van der Waals surface area contributed by atoms with Crippen molar-refractivity contribution >= 4 is 35.0 Å². The van der Waals surface area contributed by atoms with Crippen LogP contribution in [0.3, 0.4) is 0 Å². The Labute approximate surface area is 208 Å². The summed E-state index contributed by atoms with van der Waals surface area (Å²) in [5, 5.41) is 6.22. The first-order valence-corrected chi connectivity index (χ1v) is 12.9. The monoisotopic (exact) mass is 498 g/mol. The van der Waals surface area contributed by atoms with Crippen LogP contribution in [0.2, 0.25) is 0 Å². The fraction of sp³-hybridized carbons (Fsp3) is 0.480. The molecule has 2 aliphatic rings. The third-order valence-electron chi connectivity index (χ3n) is 6.20. The van der Waals surface area contributed by atoms with Crippen LogP contribution in [0, 0.1) is 0 Å². The molecule has 2 N–H and O–H groups in total. The highest BCUT2D eigenvalue weighted by Gasteiger charge is 2.39. The first-order chi connectivity index (χ1) is 17.0. The fourth-order valence-corrected chi connectivity index (χ4v) is 5.05. The number of hydrogen-bond donors (Lipinski definition) is 2. The molecule has 4 amide bonds. The van der Waals surface area contributed by atoms with Crippen molar-refractivity contribution in [1.29, 1.82) is 0 Å². The summed E-state index contributed by atoms with van der Waals surface area (Å²) in [5.74, 6) is -0.249. The van der Waals surface area contributed by atoms with E-state index in [0.29, 0.717) is 42.3 Å². The second-order valence-electron chi connectivity index (χ2n) is 8.71. The number of rotatable bonds is 11. The van der Waals surface area contributed by atoms with Gasteiger partial charge >= 0.3 is 0 Å². The van der Waals surface area contributed by atoms with Crippen molar-refractivity contribution in [3.63, 3.8) is 0 Å². The van der Waals surface area contributed by atoms with Crippen LogP contribution >= 0.6 is 11.3 Å². The number of fused-ring (bicyclic) bond motifs is 1. The highest BCUT2D eigenvalue weighted by Crippen LogP contribution is 2.30. The lowest BCUT2D eigenvalue weighted by Gasteiger charge is -2.29. The smallest absolute Gasteiger partial charge is 0.263 e. The molecule has 1 saturated heterocycles. The quantitative estimate of drug-likeness (QED) is 0.363. The number of aromatic nitrogens is 1. The lowest BCUT2D eigenvalue weighted by Crippen LogP contribution is -2.52. The van der Waals surface area contributed by atoms with Gasteiger partial charge in [0.25, 0.3) is 11.8 Å². The van der Waals surface area contributed by atoms with Gasteiger partial charge in [0.1, 0.15) is 16.7 Å². The number of benzene rings is 1. The Kier molecular flexibility index (Phi) is 8.12. The van der Waals surface area contributed by atoms with E-state index in [0.717, 1.165) is 42.7 Å². The Morgan fingerprint density at radius 3 is 2.83 bits per heavy atom. The Morgan fingerprint density at radius 1 is 1.23 bits per heavy atom. The summed E-state index contributed by atoms with van der Waals surface area (Å²) < 4.78 is 5.87. The van der Waals surface area contributed by atoms with Gasteiger partial charge < -0.3 is 15.0 Å². The van der Waals surface area contributed by atoms with Crippen LogP contribution in [0.25, 0.3) is 0 Å². The Bertz CT molecular complexity index is 1120. The fourth-order valence-electron chi connectivity index (χ4n) is 4.28. The number of hydrogen-bond acceptors (Lipinski definition) is 7. The number of carbonyl (C=O) groups excluding carboxylic acids is 4. The maximum atomic E-state index is 12.7. The molecule has 1 unspecified atom stereocenters. The van der Waals surface area contributed by atoms with Gasteiger partial charge in [0.15, 0.2) is 0 Å². The van der Waals surface area contributed by atoms with Crippen LogP contribution in [0.4, 0.5) is 0 Å². The van der Waals surface area contributed by atoms with Gasteiger partial charge in [0.2, 0.25) is 11.8 Å². The average molecular weight is 499 g/mol. The van der Waals surface area contributed by atoms with E-state index < -0.39 is 11.9 Å². The van der Waals surface area contributed by atoms with Gasteiger partial charge in [-0.05, 0) is 49.4 Å². The van der Waals surface area contributed by atoms with E-state index in [1.165, 1.54) is 16.2 Å². The van der Waals surface area contributed by atoms with Gasteiger partial charge in [-0.3, -0.25) is 24.5 Å². The summed E-state index contributed by atoms with van der Waals surface area (Å²) in [4.78, 5) is 54.8. The van der Waals surface area contributed by atoms with Crippen LogP contribution < -0.4 is 15.4 Å².